The topological polar surface area (TPSA) is 29.1 Å². The van der Waals surface area contributed by atoms with E-state index in [1.165, 1.54) is 5.56 Å². The van der Waals surface area contributed by atoms with Crippen LogP contribution >= 0.6 is 11.6 Å². The van der Waals surface area contributed by atoms with E-state index >= 15 is 0 Å². The van der Waals surface area contributed by atoms with E-state index in [-0.39, 0.29) is 11.8 Å². The van der Waals surface area contributed by atoms with E-state index in [1.54, 1.807) is 0 Å². The molecule has 126 valence electrons. The number of hydrogen-bond donors (Lipinski definition) is 1. The summed E-state index contributed by atoms with van der Waals surface area (Å²) in [7, 11) is 0. The number of aryl methyl sites for hydroxylation is 1. The van der Waals surface area contributed by atoms with Gasteiger partial charge in [0, 0.05) is 22.7 Å². The van der Waals surface area contributed by atoms with Gasteiger partial charge >= 0.3 is 0 Å². The maximum atomic E-state index is 12.7. The van der Waals surface area contributed by atoms with Gasteiger partial charge in [0.15, 0.2) is 5.78 Å². The molecule has 0 aliphatic carbocycles. The highest BCUT2D eigenvalue weighted by atomic mass is 35.5. The Morgan fingerprint density at radius 2 is 1.56 bits per heavy atom. The summed E-state index contributed by atoms with van der Waals surface area (Å²) >= 11 is 5.97. The molecule has 0 saturated heterocycles. The maximum absolute atomic E-state index is 12.7. The predicted molar refractivity (Wildman–Crippen MR) is 104 cm³/mol. The van der Waals surface area contributed by atoms with E-state index in [9.17, 15) is 4.79 Å². The van der Waals surface area contributed by atoms with E-state index < -0.39 is 0 Å². The number of ketones is 1. The van der Waals surface area contributed by atoms with Crippen LogP contribution in [0.5, 0.6) is 0 Å². The number of Topliss-reactive ketones (excluding diaryl/α,β-unsaturated/α-hetero) is 1. The minimum Gasteiger partial charge on any atom is -0.378 e. The third kappa shape index (κ3) is 4.71. The molecule has 0 amide bonds. The minimum atomic E-state index is -0.102. The predicted octanol–water partition coefficient (Wildman–Crippen LogP) is 6.07. The monoisotopic (exact) mass is 349 g/mol. The summed E-state index contributed by atoms with van der Waals surface area (Å²) in [5.41, 5.74) is 3.96. The van der Waals surface area contributed by atoms with E-state index in [4.69, 9.17) is 11.6 Å². The van der Waals surface area contributed by atoms with Crippen LogP contribution in [-0.4, -0.2) is 5.78 Å². The molecule has 1 N–H and O–H groups in total. The fourth-order valence-electron chi connectivity index (χ4n) is 2.73. The zero-order chi connectivity index (χ0) is 17.6. The highest BCUT2D eigenvalue weighted by molar-refractivity contribution is 6.30. The Kier molecular flexibility index (Phi) is 5.52. The summed E-state index contributed by atoms with van der Waals surface area (Å²) in [5.74, 6) is 0.118. The summed E-state index contributed by atoms with van der Waals surface area (Å²) in [6.07, 6.45) is 0.385. The zero-order valence-electron chi connectivity index (χ0n) is 14.1. The van der Waals surface area contributed by atoms with Gasteiger partial charge in [0.05, 0.1) is 6.04 Å². The molecule has 3 heteroatoms. The van der Waals surface area contributed by atoms with Crippen molar-refractivity contribution in [3.8, 4) is 0 Å². The number of carbonyl (C=O) groups is 1. The molecule has 0 aromatic heterocycles. The van der Waals surface area contributed by atoms with Gasteiger partial charge < -0.3 is 5.32 Å². The number of halogens is 1. The molecule has 0 spiro atoms. The zero-order valence-corrected chi connectivity index (χ0v) is 14.8. The number of benzene rings is 3. The molecule has 1 atom stereocenters. The van der Waals surface area contributed by atoms with Crippen LogP contribution in [0.25, 0.3) is 0 Å². The highest BCUT2D eigenvalue weighted by Gasteiger charge is 2.17. The lowest BCUT2D eigenvalue weighted by molar-refractivity contribution is 0.0976. The van der Waals surface area contributed by atoms with Gasteiger partial charge in [0.25, 0.3) is 0 Å². The first kappa shape index (κ1) is 17.2. The van der Waals surface area contributed by atoms with Crippen molar-refractivity contribution in [1.82, 2.24) is 0 Å². The van der Waals surface area contributed by atoms with Crippen molar-refractivity contribution in [3.63, 3.8) is 0 Å². The van der Waals surface area contributed by atoms with E-state index in [1.807, 2.05) is 54.6 Å². The molecular weight excluding hydrogens is 330 g/mol. The van der Waals surface area contributed by atoms with Crippen molar-refractivity contribution in [3.05, 3.63) is 101 Å². The van der Waals surface area contributed by atoms with E-state index in [0.29, 0.717) is 11.4 Å². The Hall–Kier alpha value is -2.58. The van der Waals surface area contributed by atoms with Crippen molar-refractivity contribution < 1.29 is 4.79 Å². The first-order valence-electron chi connectivity index (χ1n) is 8.29. The normalized spacial score (nSPS) is 11.8. The first-order valence-corrected chi connectivity index (χ1v) is 8.66. The van der Waals surface area contributed by atoms with Crippen molar-refractivity contribution >= 4 is 23.1 Å². The van der Waals surface area contributed by atoms with Crippen LogP contribution in [0.4, 0.5) is 5.69 Å². The average Bonchev–Trinajstić information content (AvgIpc) is 2.64. The molecule has 0 heterocycles. The standard InChI is InChI=1S/C22H20ClNO/c1-16-7-9-17(10-8-16)21(24-20-13-11-19(23)12-14-20)15-22(25)18-5-3-2-4-6-18/h2-14,21,24H,15H2,1H3. The van der Waals surface area contributed by atoms with Crippen LogP contribution in [-0.2, 0) is 0 Å². The second-order valence-corrected chi connectivity index (χ2v) is 6.54. The molecule has 0 saturated carbocycles. The molecule has 3 rings (SSSR count). The number of anilines is 1. The molecule has 3 aromatic rings. The highest BCUT2D eigenvalue weighted by Crippen LogP contribution is 2.25. The van der Waals surface area contributed by atoms with Crippen LogP contribution in [0.2, 0.25) is 5.02 Å². The van der Waals surface area contributed by atoms with E-state index in [2.05, 4.69) is 36.5 Å². The second-order valence-electron chi connectivity index (χ2n) is 6.11. The largest absolute Gasteiger partial charge is 0.378 e. The Labute approximate surface area is 153 Å². The minimum absolute atomic E-state index is 0.102. The van der Waals surface area contributed by atoms with Crippen LogP contribution in [0.1, 0.15) is 33.9 Å². The molecule has 2 nitrogen and oxygen atoms in total. The Morgan fingerprint density at radius 1 is 0.920 bits per heavy atom. The molecule has 0 bridgehead atoms. The van der Waals surface area contributed by atoms with Gasteiger partial charge in [-0.2, -0.15) is 0 Å². The number of carbonyl (C=O) groups excluding carboxylic acids is 1. The van der Waals surface area contributed by atoms with Crippen molar-refractivity contribution in [1.29, 1.82) is 0 Å². The Bertz CT molecular complexity index is 826. The lowest BCUT2D eigenvalue weighted by Crippen LogP contribution is -2.15. The van der Waals surface area contributed by atoms with Gasteiger partial charge in [-0.25, -0.2) is 0 Å². The Balaban J connectivity index is 1.84. The summed E-state index contributed by atoms with van der Waals surface area (Å²) < 4.78 is 0. The lowest BCUT2D eigenvalue weighted by atomic mass is 9.97. The average molecular weight is 350 g/mol. The molecule has 0 aliphatic rings. The molecule has 0 aliphatic heterocycles. The molecule has 0 fully saturated rings. The van der Waals surface area contributed by atoms with Gasteiger partial charge in [0.1, 0.15) is 0 Å². The van der Waals surface area contributed by atoms with Crippen LogP contribution in [0, 0.1) is 6.92 Å². The third-order valence-corrected chi connectivity index (χ3v) is 4.40. The summed E-state index contributed by atoms with van der Waals surface area (Å²) in [6.45, 7) is 2.06. The maximum Gasteiger partial charge on any atom is 0.165 e. The van der Waals surface area contributed by atoms with E-state index in [0.717, 1.165) is 16.8 Å². The molecule has 25 heavy (non-hydrogen) atoms. The van der Waals surface area contributed by atoms with Gasteiger partial charge in [-0.15, -0.1) is 0 Å². The van der Waals surface area contributed by atoms with Gasteiger partial charge in [-0.05, 0) is 36.8 Å². The Morgan fingerprint density at radius 3 is 2.20 bits per heavy atom. The second kappa shape index (κ2) is 8.00. The number of hydrogen-bond acceptors (Lipinski definition) is 2. The van der Waals surface area contributed by atoms with Crippen molar-refractivity contribution in [2.24, 2.45) is 0 Å². The summed E-state index contributed by atoms with van der Waals surface area (Å²) in [5, 5.41) is 4.16. The number of nitrogens with one attached hydrogen (secondary N) is 1. The summed E-state index contributed by atoms with van der Waals surface area (Å²) in [6, 6.07) is 25.1. The summed E-state index contributed by atoms with van der Waals surface area (Å²) in [4.78, 5) is 12.7. The SMILES string of the molecule is Cc1ccc(C(CC(=O)c2ccccc2)Nc2ccc(Cl)cc2)cc1. The lowest BCUT2D eigenvalue weighted by Gasteiger charge is -2.20. The molecular formula is C22H20ClNO. The smallest absolute Gasteiger partial charge is 0.165 e. The quantitative estimate of drug-likeness (QED) is 0.547. The van der Waals surface area contributed by atoms with Crippen LogP contribution < -0.4 is 5.32 Å². The fourth-order valence-corrected chi connectivity index (χ4v) is 2.85. The van der Waals surface area contributed by atoms with Gasteiger partial charge in [-0.3, -0.25) is 4.79 Å². The molecule has 1 unspecified atom stereocenters. The van der Waals surface area contributed by atoms with Gasteiger partial charge in [-0.1, -0.05) is 71.8 Å². The first-order chi connectivity index (χ1) is 12.1. The fraction of sp³-hybridized carbons (Fsp3) is 0.136. The van der Waals surface area contributed by atoms with Crippen molar-refractivity contribution in [2.75, 3.05) is 5.32 Å². The van der Waals surface area contributed by atoms with Crippen LogP contribution in [0.3, 0.4) is 0 Å². The van der Waals surface area contributed by atoms with Crippen molar-refractivity contribution in [2.45, 2.75) is 19.4 Å². The number of rotatable bonds is 6. The third-order valence-electron chi connectivity index (χ3n) is 4.15. The molecule has 0 radical (unpaired) electrons. The van der Waals surface area contributed by atoms with Crippen LogP contribution in [0.15, 0.2) is 78.9 Å². The van der Waals surface area contributed by atoms with Gasteiger partial charge in [0.2, 0.25) is 0 Å². The molecule has 3 aromatic carbocycles.